The lowest BCUT2D eigenvalue weighted by Gasteiger charge is -2.19. The molecule has 0 saturated heterocycles. The largest absolute Gasteiger partial charge is 0.484 e. The van der Waals surface area contributed by atoms with Gasteiger partial charge in [-0.05, 0) is 56.7 Å². The molecule has 172 valence electrons. The molecule has 2 N–H and O–H groups in total. The molecule has 10 heteroatoms. The summed E-state index contributed by atoms with van der Waals surface area (Å²) in [6.07, 6.45) is 2.58. The number of hydrogen-bond donors (Lipinski definition) is 1. The molecule has 33 heavy (non-hydrogen) atoms. The summed E-state index contributed by atoms with van der Waals surface area (Å²) < 4.78 is 51.2. The van der Waals surface area contributed by atoms with Gasteiger partial charge in [0, 0.05) is 24.4 Å². The maximum absolute atomic E-state index is 13.7. The number of aromatic nitrogens is 2. The highest BCUT2D eigenvalue weighted by atomic mass is 32.2. The standard InChI is InChI=1S/C23H22FN3O5S/c1-12-7-17(14(3)31-19-6-5-16(24)9-20(19)33(25,29)30)23-18(8-12)21(28)13(2)22(32-23)15-10-26-27(4)11-15/h5-11,14H,1-4H3,(H2,25,29,30)/t14-/m1/s1. The molecule has 0 amide bonds. The third kappa shape index (κ3) is 4.27. The van der Waals surface area contributed by atoms with E-state index < -0.39 is 26.8 Å². The first kappa shape index (κ1) is 22.7. The lowest BCUT2D eigenvalue weighted by atomic mass is 10.0. The Kier molecular flexibility index (Phi) is 5.59. The van der Waals surface area contributed by atoms with Crippen molar-refractivity contribution in [3.63, 3.8) is 0 Å². The number of primary sulfonamides is 1. The topological polar surface area (TPSA) is 117 Å². The lowest BCUT2D eigenvalue weighted by molar-refractivity contribution is 0.220. The molecule has 2 heterocycles. The number of sulfonamides is 1. The molecule has 0 aliphatic rings. The Hall–Kier alpha value is -3.50. The molecular weight excluding hydrogens is 449 g/mol. The van der Waals surface area contributed by atoms with Gasteiger partial charge in [0.2, 0.25) is 10.0 Å². The predicted molar refractivity (Wildman–Crippen MR) is 121 cm³/mol. The third-order valence-electron chi connectivity index (χ3n) is 5.31. The monoisotopic (exact) mass is 471 g/mol. The summed E-state index contributed by atoms with van der Waals surface area (Å²) in [5.41, 5.74) is 2.51. The molecule has 0 aliphatic carbocycles. The van der Waals surface area contributed by atoms with Crippen LogP contribution in [0.4, 0.5) is 4.39 Å². The molecule has 0 spiro atoms. The number of hydrogen-bond acceptors (Lipinski definition) is 6. The number of nitrogens with zero attached hydrogens (tertiary/aromatic N) is 2. The molecule has 2 aromatic carbocycles. The summed E-state index contributed by atoms with van der Waals surface area (Å²) in [6, 6.07) is 6.60. The third-order valence-corrected chi connectivity index (χ3v) is 6.25. The van der Waals surface area contributed by atoms with Crippen molar-refractivity contribution in [1.29, 1.82) is 0 Å². The quantitative estimate of drug-likeness (QED) is 0.474. The maximum atomic E-state index is 13.7. The highest BCUT2D eigenvalue weighted by Gasteiger charge is 2.23. The minimum absolute atomic E-state index is 0.108. The van der Waals surface area contributed by atoms with Crippen LogP contribution in [0.5, 0.6) is 5.75 Å². The van der Waals surface area contributed by atoms with Gasteiger partial charge in [-0.15, -0.1) is 0 Å². The van der Waals surface area contributed by atoms with E-state index in [-0.39, 0.29) is 11.2 Å². The number of halogens is 1. The van der Waals surface area contributed by atoms with Gasteiger partial charge in [0.1, 0.15) is 33.9 Å². The van der Waals surface area contributed by atoms with E-state index in [2.05, 4.69) is 5.10 Å². The summed E-state index contributed by atoms with van der Waals surface area (Å²) in [7, 11) is -2.48. The van der Waals surface area contributed by atoms with E-state index in [1.807, 2.05) is 6.92 Å². The molecule has 2 aromatic heterocycles. The van der Waals surface area contributed by atoms with Gasteiger partial charge < -0.3 is 9.15 Å². The first-order valence-corrected chi connectivity index (χ1v) is 11.6. The maximum Gasteiger partial charge on any atom is 0.241 e. The average molecular weight is 472 g/mol. The fourth-order valence-corrected chi connectivity index (χ4v) is 4.41. The van der Waals surface area contributed by atoms with Crippen molar-refractivity contribution in [2.24, 2.45) is 12.2 Å². The zero-order chi connectivity index (χ0) is 24.1. The Morgan fingerprint density at radius 2 is 1.94 bits per heavy atom. The highest BCUT2D eigenvalue weighted by Crippen LogP contribution is 2.34. The molecule has 4 aromatic rings. The van der Waals surface area contributed by atoms with Gasteiger partial charge in [-0.3, -0.25) is 9.48 Å². The number of ether oxygens (including phenoxy) is 1. The van der Waals surface area contributed by atoms with Crippen LogP contribution in [0.25, 0.3) is 22.3 Å². The molecule has 0 bridgehead atoms. The van der Waals surface area contributed by atoms with Gasteiger partial charge in [0.05, 0.1) is 17.1 Å². The summed E-state index contributed by atoms with van der Waals surface area (Å²) in [5.74, 6) is -0.490. The second-order valence-electron chi connectivity index (χ2n) is 7.91. The van der Waals surface area contributed by atoms with Gasteiger partial charge in [-0.1, -0.05) is 0 Å². The normalized spacial score (nSPS) is 12.8. The Balaban J connectivity index is 1.89. The minimum Gasteiger partial charge on any atom is -0.484 e. The Labute approximate surface area is 189 Å². The second kappa shape index (κ2) is 8.13. The molecule has 0 saturated carbocycles. The number of aryl methyl sites for hydroxylation is 2. The van der Waals surface area contributed by atoms with Crippen LogP contribution < -0.4 is 15.3 Å². The fourth-order valence-electron chi connectivity index (χ4n) is 3.74. The lowest BCUT2D eigenvalue weighted by Crippen LogP contribution is -2.16. The smallest absolute Gasteiger partial charge is 0.241 e. The van der Waals surface area contributed by atoms with Crippen LogP contribution in [0.15, 0.2) is 56.8 Å². The Morgan fingerprint density at radius 1 is 1.21 bits per heavy atom. The molecule has 0 aliphatic heterocycles. The summed E-state index contributed by atoms with van der Waals surface area (Å²) in [6.45, 7) is 5.19. The molecular formula is C23H22FN3O5S. The number of benzene rings is 2. The van der Waals surface area contributed by atoms with Crippen molar-refractivity contribution < 1.29 is 22.0 Å². The van der Waals surface area contributed by atoms with E-state index in [0.29, 0.717) is 33.4 Å². The van der Waals surface area contributed by atoms with Crippen molar-refractivity contribution in [1.82, 2.24) is 9.78 Å². The fraction of sp³-hybridized carbons (Fsp3) is 0.217. The molecule has 0 fully saturated rings. The molecule has 4 rings (SSSR count). The van der Waals surface area contributed by atoms with E-state index in [1.165, 1.54) is 6.07 Å². The molecule has 1 atom stereocenters. The Morgan fingerprint density at radius 3 is 2.58 bits per heavy atom. The van der Waals surface area contributed by atoms with E-state index in [4.69, 9.17) is 14.3 Å². The summed E-state index contributed by atoms with van der Waals surface area (Å²) >= 11 is 0. The average Bonchev–Trinajstić information content (AvgIpc) is 3.17. The van der Waals surface area contributed by atoms with Crippen molar-refractivity contribution in [3.8, 4) is 17.1 Å². The van der Waals surface area contributed by atoms with Crippen molar-refractivity contribution in [2.45, 2.75) is 31.8 Å². The van der Waals surface area contributed by atoms with E-state index in [9.17, 15) is 17.6 Å². The van der Waals surface area contributed by atoms with Crippen LogP contribution in [0, 0.1) is 19.7 Å². The zero-order valence-corrected chi connectivity index (χ0v) is 19.2. The predicted octanol–water partition coefficient (Wildman–Crippen LogP) is 3.74. The SMILES string of the molecule is Cc1cc([C@@H](C)Oc2ccc(F)cc2S(N)(=O)=O)c2oc(-c3cnn(C)c3)c(C)c(=O)c2c1. The van der Waals surface area contributed by atoms with Crippen LogP contribution in [-0.2, 0) is 17.1 Å². The Bertz CT molecular complexity index is 1560. The van der Waals surface area contributed by atoms with E-state index >= 15 is 0 Å². The minimum atomic E-state index is -4.23. The van der Waals surface area contributed by atoms with Crippen LogP contribution in [-0.4, -0.2) is 18.2 Å². The van der Waals surface area contributed by atoms with Gasteiger partial charge in [0.25, 0.3) is 0 Å². The van der Waals surface area contributed by atoms with Gasteiger partial charge in [-0.2, -0.15) is 5.10 Å². The first-order valence-electron chi connectivity index (χ1n) is 10.0. The summed E-state index contributed by atoms with van der Waals surface area (Å²) in [4.78, 5) is 12.7. The highest BCUT2D eigenvalue weighted by molar-refractivity contribution is 7.89. The van der Waals surface area contributed by atoms with Crippen molar-refractivity contribution in [2.75, 3.05) is 0 Å². The number of rotatable bonds is 5. The first-order chi connectivity index (χ1) is 15.5. The number of fused-ring (bicyclic) bond motifs is 1. The van der Waals surface area contributed by atoms with Crippen molar-refractivity contribution in [3.05, 3.63) is 75.5 Å². The van der Waals surface area contributed by atoms with Crippen LogP contribution in [0.2, 0.25) is 0 Å². The molecule has 0 radical (unpaired) electrons. The van der Waals surface area contributed by atoms with E-state index in [0.717, 1.165) is 17.7 Å². The van der Waals surface area contributed by atoms with Gasteiger partial charge in [-0.25, -0.2) is 17.9 Å². The van der Waals surface area contributed by atoms with E-state index in [1.54, 1.807) is 50.1 Å². The van der Waals surface area contributed by atoms with Gasteiger partial charge in [0.15, 0.2) is 5.43 Å². The molecule has 0 unspecified atom stereocenters. The summed E-state index contributed by atoms with van der Waals surface area (Å²) in [5, 5.41) is 9.75. The second-order valence-corrected chi connectivity index (χ2v) is 9.44. The van der Waals surface area contributed by atoms with Gasteiger partial charge >= 0.3 is 0 Å². The van der Waals surface area contributed by atoms with Crippen molar-refractivity contribution >= 4 is 21.0 Å². The number of nitrogens with two attached hydrogens (primary N) is 1. The van der Waals surface area contributed by atoms with Crippen LogP contribution in [0.3, 0.4) is 0 Å². The van der Waals surface area contributed by atoms with Crippen LogP contribution >= 0.6 is 0 Å². The van der Waals surface area contributed by atoms with Crippen LogP contribution in [0.1, 0.15) is 29.7 Å². The molecule has 8 nitrogen and oxygen atoms in total. The zero-order valence-electron chi connectivity index (χ0n) is 18.4.